The number of nitrogens with one attached hydrogen (secondary N) is 2. The molecule has 0 saturated carbocycles. The summed E-state index contributed by atoms with van der Waals surface area (Å²) in [5, 5.41) is 7.10. The molecule has 1 aliphatic rings. The number of halogens is 1. The van der Waals surface area contributed by atoms with Crippen molar-refractivity contribution in [1.82, 2.24) is 10.2 Å². The van der Waals surface area contributed by atoms with Gasteiger partial charge in [0.25, 0.3) is 5.91 Å². The van der Waals surface area contributed by atoms with E-state index in [1.54, 1.807) is 11.3 Å². The number of thiophene rings is 1. The lowest BCUT2D eigenvalue weighted by Crippen LogP contribution is -3.13. The highest BCUT2D eigenvalue weighted by Crippen LogP contribution is 2.10. The van der Waals surface area contributed by atoms with Crippen molar-refractivity contribution in [3.05, 3.63) is 58.0 Å². The Hall–Kier alpha value is -2.25. The van der Waals surface area contributed by atoms with Crippen LogP contribution in [0.3, 0.4) is 0 Å². The number of amides is 2. The molecule has 150 valence electrons. The lowest BCUT2D eigenvalue weighted by atomic mass is 10.0. The Morgan fingerprint density at radius 1 is 1.18 bits per heavy atom. The fourth-order valence-electron chi connectivity index (χ4n) is 3.44. The second-order valence-corrected chi connectivity index (χ2v) is 8.37. The van der Waals surface area contributed by atoms with Crippen LogP contribution < -0.4 is 10.2 Å². The normalized spacial score (nSPS) is 16.2. The highest BCUT2D eigenvalue weighted by Gasteiger charge is 2.32. The monoisotopic (exact) mass is 404 g/mol. The van der Waals surface area contributed by atoms with E-state index in [4.69, 9.17) is 0 Å². The molecule has 0 radical (unpaired) electrons. The van der Waals surface area contributed by atoms with Crippen LogP contribution >= 0.6 is 11.3 Å². The van der Waals surface area contributed by atoms with Crippen molar-refractivity contribution in [3.8, 4) is 0 Å². The van der Waals surface area contributed by atoms with E-state index in [2.05, 4.69) is 22.1 Å². The number of piperazine rings is 1. The first-order valence-electron chi connectivity index (χ1n) is 9.64. The molecular weight excluding hydrogens is 377 g/mol. The molecule has 2 aromatic rings. The first-order chi connectivity index (χ1) is 13.4. The zero-order valence-corrected chi connectivity index (χ0v) is 17.1. The van der Waals surface area contributed by atoms with Crippen LogP contribution in [0.1, 0.15) is 29.8 Å². The fourth-order valence-corrected chi connectivity index (χ4v) is 4.11. The van der Waals surface area contributed by atoms with Crippen molar-refractivity contribution < 1.29 is 18.9 Å². The topological polar surface area (TPSA) is 53.9 Å². The van der Waals surface area contributed by atoms with Crippen LogP contribution in [0, 0.1) is 11.7 Å². The van der Waals surface area contributed by atoms with Gasteiger partial charge in [0.05, 0.1) is 26.2 Å². The van der Waals surface area contributed by atoms with Gasteiger partial charge in [-0.05, 0) is 47.0 Å². The first kappa shape index (κ1) is 20.5. The van der Waals surface area contributed by atoms with E-state index < -0.39 is 11.9 Å². The molecule has 0 spiro atoms. The molecule has 1 aromatic heterocycles. The standard InChI is InChI=1S/C21H26FN3O2S/c1-15(2)19(23-20(26)17-3-5-18(22)6-4-17)21(27)25-10-8-24(9-11-25)13-16-7-12-28-14-16/h3-7,12,14-15,19H,8-11,13H2,1-2H3,(H,23,26)/p+1/t19-/m0/s1. The van der Waals surface area contributed by atoms with Crippen LogP contribution in [-0.4, -0.2) is 48.9 Å². The van der Waals surface area contributed by atoms with Crippen molar-refractivity contribution in [3.63, 3.8) is 0 Å². The zero-order chi connectivity index (χ0) is 20.1. The van der Waals surface area contributed by atoms with Gasteiger partial charge in [-0.1, -0.05) is 13.8 Å². The molecule has 2 amide bonds. The summed E-state index contributed by atoms with van der Waals surface area (Å²) < 4.78 is 13.1. The molecule has 0 unspecified atom stereocenters. The van der Waals surface area contributed by atoms with Crippen LogP contribution in [0.15, 0.2) is 41.1 Å². The van der Waals surface area contributed by atoms with E-state index in [0.717, 1.165) is 19.6 Å². The van der Waals surface area contributed by atoms with Crippen molar-refractivity contribution in [1.29, 1.82) is 0 Å². The highest BCUT2D eigenvalue weighted by molar-refractivity contribution is 7.07. The molecule has 3 rings (SSSR count). The number of carbonyl (C=O) groups excluding carboxylic acids is 2. The Morgan fingerprint density at radius 2 is 1.86 bits per heavy atom. The third kappa shape index (κ3) is 5.17. The summed E-state index contributed by atoms with van der Waals surface area (Å²) in [7, 11) is 0. The molecule has 1 aliphatic heterocycles. The minimum absolute atomic E-state index is 0.0342. The summed E-state index contributed by atoms with van der Waals surface area (Å²) in [6, 6.07) is 6.91. The van der Waals surface area contributed by atoms with E-state index in [1.165, 1.54) is 34.7 Å². The Morgan fingerprint density at radius 3 is 2.43 bits per heavy atom. The first-order valence-corrected chi connectivity index (χ1v) is 10.6. The quantitative estimate of drug-likeness (QED) is 0.768. The molecule has 0 bridgehead atoms. The maximum atomic E-state index is 13.1. The fraction of sp³-hybridized carbons (Fsp3) is 0.429. The Balaban J connectivity index is 1.57. The lowest BCUT2D eigenvalue weighted by Gasteiger charge is -2.35. The predicted molar refractivity (Wildman–Crippen MR) is 108 cm³/mol. The molecule has 0 aliphatic carbocycles. The van der Waals surface area contributed by atoms with Crippen LogP contribution in [0.2, 0.25) is 0 Å². The van der Waals surface area contributed by atoms with Crippen LogP contribution in [0.4, 0.5) is 4.39 Å². The number of benzene rings is 1. The molecule has 1 fully saturated rings. The Bertz CT molecular complexity index is 784. The number of hydrogen-bond acceptors (Lipinski definition) is 3. The molecule has 5 nitrogen and oxygen atoms in total. The highest BCUT2D eigenvalue weighted by atomic mass is 32.1. The predicted octanol–water partition coefficient (Wildman–Crippen LogP) is 1.57. The van der Waals surface area contributed by atoms with Gasteiger partial charge in [-0.15, -0.1) is 0 Å². The average molecular weight is 405 g/mol. The van der Waals surface area contributed by atoms with Gasteiger partial charge in [-0.25, -0.2) is 4.39 Å². The minimum atomic E-state index is -0.587. The molecule has 7 heteroatoms. The van der Waals surface area contributed by atoms with Gasteiger partial charge in [0.2, 0.25) is 5.91 Å². The molecule has 1 saturated heterocycles. The van der Waals surface area contributed by atoms with E-state index in [0.29, 0.717) is 18.7 Å². The van der Waals surface area contributed by atoms with Crippen LogP contribution in [0.25, 0.3) is 0 Å². The molecule has 1 atom stereocenters. The van der Waals surface area contributed by atoms with E-state index in [1.807, 2.05) is 18.7 Å². The van der Waals surface area contributed by atoms with E-state index >= 15 is 0 Å². The second kappa shape index (κ2) is 9.30. The SMILES string of the molecule is CC(C)[C@H](NC(=O)c1ccc(F)cc1)C(=O)N1CC[NH+](Cc2ccsc2)CC1. The summed E-state index contributed by atoms with van der Waals surface area (Å²) >= 11 is 1.71. The maximum Gasteiger partial charge on any atom is 0.251 e. The summed E-state index contributed by atoms with van der Waals surface area (Å²) in [6.07, 6.45) is 0. The lowest BCUT2D eigenvalue weighted by molar-refractivity contribution is -0.917. The van der Waals surface area contributed by atoms with Gasteiger partial charge in [0.15, 0.2) is 0 Å². The Kier molecular flexibility index (Phi) is 6.80. The summed E-state index contributed by atoms with van der Waals surface area (Å²) in [5.74, 6) is -0.822. The molecule has 1 aromatic carbocycles. The van der Waals surface area contributed by atoms with Crippen molar-refractivity contribution in [2.45, 2.75) is 26.4 Å². The van der Waals surface area contributed by atoms with Gasteiger partial charge < -0.3 is 15.1 Å². The van der Waals surface area contributed by atoms with Crippen molar-refractivity contribution in [2.24, 2.45) is 5.92 Å². The second-order valence-electron chi connectivity index (χ2n) is 7.59. The van der Waals surface area contributed by atoms with E-state index in [-0.39, 0.29) is 17.7 Å². The molecule has 28 heavy (non-hydrogen) atoms. The molecular formula is C21H27FN3O2S+. The molecule has 2 N–H and O–H groups in total. The maximum absolute atomic E-state index is 13.1. The minimum Gasteiger partial charge on any atom is -0.340 e. The van der Waals surface area contributed by atoms with Gasteiger partial charge in [-0.2, -0.15) is 11.3 Å². The zero-order valence-electron chi connectivity index (χ0n) is 16.3. The number of rotatable bonds is 6. The smallest absolute Gasteiger partial charge is 0.251 e. The number of hydrogen-bond donors (Lipinski definition) is 2. The van der Waals surface area contributed by atoms with Gasteiger partial charge in [-0.3, -0.25) is 9.59 Å². The van der Waals surface area contributed by atoms with Crippen molar-refractivity contribution >= 4 is 23.2 Å². The molecule has 2 heterocycles. The number of nitrogens with zero attached hydrogens (tertiary/aromatic N) is 1. The van der Waals surface area contributed by atoms with Gasteiger partial charge in [0.1, 0.15) is 18.4 Å². The van der Waals surface area contributed by atoms with E-state index in [9.17, 15) is 14.0 Å². The summed E-state index contributed by atoms with van der Waals surface area (Å²) in [4.78, 5) is 28.8. The van der Waals surface area contributed by atoms with Crippen molar-refractivity contribution in [2.75, 3.05) is 26.2 Å². The third-order valence-corrected chi connectivity index (χ3v) is 5.87. The Labute approximate surface area is 169 Å². The van der Waals surface area contributed by atoms with Gasteiger partial charge >= 0.3 is 0 Å². The largest absolute Gasteiger partial charge is 0.340 e. The van der Waals surface area contributed by atoms with Crippen LogP contribution in [0.5, 0.6) is 0 Å². The number of quaternary nitrogens is 1. The number of carbonyl (C=O) groups is 2. The third-order valence-electron chi connectivity index (χ3n) is 5.14. The summed E-state index contributed by atoms with van der Waals surface area (Å²) in [5.41, 5.74) is 1.69. The van der Waals surface area contributed by atoms with Crippen LogP contribution in [-0.2, 0) is 11.3 Å². The average Bonchev–Trinajstić information content (AvgIpc) is 3.19. The van der Waals surface area contributed by atoms with Gasteiger partial charge in [0, 0.05) is 11.1 Å². The summed E-state index contributed by atoms with van der Waals surface area (Å²) in [6.45, 7) is 8.01.